The zero-order valence-corrected chi connectivity index (χ0v) is 42.3. The van der Waals surface area contributed by atoms with Gasteiger partial charge in [-0.1, -0.05) is 106 Å². The topological polar surface area (TPSA) is 61.0 Å². The van der Waals surface area contributed by atoms with Crippen LogP contribution in [0.4, 0.5) is 5.69 Å². The maximum absolute atomic E-state index is 12.4. The fourth-order valence-corrected chi connectivity index (χ4v) is 12.7. The summed E-state index contributed by atoms with van der Waals surface area (Å²) in [7, 11) is 0. The first kappa shape index (κ1) is 42.8. The summed E-state index contributed by atoms with van der Waals surface area (Å²) in [5.74, 6) is 0. The molecule has 7 heteroatoms. The molecule has 0 saturated carbocycles. The minimum absolute atomic E-state index is 0.258. The molecule has 75 heavy (non-hydrogen) atoms. The summed E-state index contributed by atoms with van der Waals surface area (Å²) in [6, 6.07) is 63.8. The number of hydrogen-bond acceptors (Lipinski definition) is 2. The monoisotopic (exact) mass is 962 g/mol. The number of benzene rings is 10. The lowest BCUT2D eigenvalue weighted by atomic mass is 10.0. The molecule has 5 aromatic heterocycles. The van der Waals surface area contributed by atoms with Gasteiger partial charge in [0.2, 0.25) is 5.69 Å². The fraction of sp³-hybridized carbons (Fsp3) is 0.0882. The highest BCUT2D eigenvalue weighted by molar-refractivity contribution is 6.28. The second-order valence-corrected chi connectivity index (χ2v) is 20.8. The molecule has 10 aromatic carbocycles. The first-order valence-electron chi connectivity index (χ1n) is 25.5. The van der Waals surface area contributed by atoms with Crippen molar-refractivity contribution in [1.82, 2.24) is 18.3 Å². The third-order valence-corrected chi connectivity index (χ3v) is 15.9. The van der Waals surface area contributed by atoms with Crippen molar-refractivity contribution in [2.45, 2.75) is 41.5 Å². The predicted molar refractivity (Wildman–Crippen MR) is 310 cm³/mol. The van der Waals surface area contributed by atoms with Gasteiger partial charge in [0.25, 0.3) is 0 Å². The summed E-state index contributed by atoms with van der Waals surface area (Å²) in [4.78, 5) is 4.64. The van der Waals surface area contributed by atoms with E-state index in [4.69, 9.17) is 4.42 Å². The second kappa shape index (κ2) is 15.4. The van der Waals surface area contributed by atoms with E-state index in [1.165, 1.54) is 0 Å². The molecule has 15 aromatic rings. The minimum atomic E-state index is 0.258. The average molecular weight is 963 g/mol. The second-order valence-electron chi connectivity index (χ2n) is 20.8. The summed E-state index contributed by atoms with van der Waals surface area (Å²) in [5, 5.41) is 23.0. The normalized spacial score (nSPS) is 12.1. The van der Waals surface area contributed by atoms with Crippen molar-refractivity contribution >= 4 is 115 Å². The minimum Gasteiger partial charge on any atom is -0.456 e. The smallest absolute Gasteiger partial charge is 0.232 e. The van der Waals surface area contributed by atoms with Crippen molar-refractivity contribution in [3.05, 3.63) is 220 Å². The lowest BCUT2D eigenvalue weighted by Gasteiger charge is -2.28. The number of nitrogens with zero attached hydrogens (tertiary/aromatic N) is 6. The van der Waals surface area contributed by atoms with E-state index in [2.05, 4.69) is 228 Å². The molecule has 0 aliphatic rings. The van der Waals surface area contributed by atoms with Crippen LogP contribution in [0.15, 0.2) is 174 Å². The van der Waals surface area contributed by atoms with Gasteiger partial charge in [-0.15, -0.1) is 0 Å². The number of aryl methyl sites for hydroxylation is 6. The van der Waals surface area contributed by atoms with Crippen LogP contribution < -0.4 is 0 Å². The van der Waals surface area contributed by atoms with Crippen LogP contribution in [0, 0.1) is 59.4 Å². The third-order valence-electron chi connectivity index (χ3n) is 15.9. The predicted octanol–water partition coefficient (Wildman–Crippen LogP) is 18.2. The zero-order valence-electron chi connectivity index (χ0n) is 42.3. The van der Waals surface area contributed by atoms with Crippen LogP contribution in [-0.2, 0) is 0 Å². The molecule has 0 fully saturated rings. The first-order valence-corrected chi connectivity index (χ1v) is 25.5. The maximum atomic E-state index is 12.4. The number of fused-ring (bicyclic) bond motifs is 16. The molecule has 7 nitrogen and oxygen atoms in total. The van der Waals surface area contributed by atoms with Gasteiger partial charge in [0, 0.05) is 53.9 Å². The Balaban J connectivity index is 1.30. The van der Waals surface area contributed by atoms with Crippen LogP contribution in [0.1, 0.15) is 38.9 Å². The van der Waals surface area contributed by atoms with E-state index in [1.54, 1.807) is 0 Å². The molecule has 0 atom stereocenters. The van der Waals surface area contributed by atoms with Gasteiger partial charge in [-0.25, -0.2) is 4.85 Å². The van der Waals surface area contributed by atoms with Gasteiger partial charge < -0.3 is 22.7 Å². The van der Waals surface area contributed by atoms with Crippen LogP contribution in [-0.4, -0.2) is 18.3 Å². The lowest BCUT2D eigenvalue weighted by Crippen LogP contribution is -2.15. The Hall–Kier alpha value is -9.82. The molecule has 0 spiro atoms. The van der Waals surface area contributed by atoms with Crippen LogP contribution >= 0.6 is 0 Å². The third kappa shape index (κ3) is 5.78. The molecular weight excluding hydrogens is 917 g/mol. The van der Waals surface area contributed by atoms with E-state index in [0.29, 0.717) is 11.4 Å². The Morgan fingerprint density at radius 2 is 0.720 bits per heavy atom. The number of nitriles is 1. The van der Waals surface area contributed by atoms with Crippen molar-refractivity contribution < 1.29 is 4.42 Å². The van der Waals surface area contributed by atoms with Gasteiger partial charge in [0.1, 0.15) is 11.2 Å². The van der Waals surface area contributed by atoms with Crippen molar-refractivity contribution in [3.8, 4) is 28.8 Å². The van der Waals surface area contributed by atoms with Gasteiger partial charge >= 0.3 is 0 Å². The highest BCUT2D eigenvalue weighted by Crippen LogP contribution is 2.53. The van der Waals surface area contributed by atoms with E-state index in [-0.39, 0.29) is 11.3 Å². The summed E-state index contributed by atoms with van der Waals surface area (Å²) in [6.07, 6.45) is 0. The Kier molecular flexibility index (Phi) is 8.77. The van der Waals surface area contributed by atoms with Crippen LogP contribution in [0.5, 0.6) is 0 Å². The van der Waals surface area contributed by atoms with Crippen LogP contribution in [0.3, 0.4) is 0 Å². The molecule has 0 amide bonds. The van der Waals surface area contributed by atoms with Gasteiger partial charge in [0.15, 0.2) is 0 Å². The summed E-state index contributed by atoms with van der Waals surface area (Å²) >= 11 is 0. The molecule has 0 unspecified atom stereocenters. The highest BCUT2D eigenvalue weighted by Gasteiger charge is 2.35. The number of para-hydroxylation sites is 2. The molecule has 0 bridgehead atoms. The number of furan rings is 1. The molecule has 15 rings (SSSR count). The molecule has 0 aliphatic carbocycles. The Morgan fingerprint density at radius 3 is 1.16 bits per heavy atom. The molecule has 0 aliphatic heterocycles. The molecular formula is C68H46N6O. The fourth-order valence-electron chi connectivity index (χ4n) is 12.7. The van der Waals surface area contributed by atoms with Crippen molar-refractivity contribution in [2.75, 3.05) is 0 Å². The number of hydrogen-bond donors (Lipinski definition) is 0. The van der Waals surface area contributed by atoms with Crippen molar-refractivity contribution in [2.24, 2.45) is 0 Å². The van der Waals surface area contributed by atoms with Gasteiger partial charge in [-0.3, -0.25) is 0 Å². The zero-order chi connectivity index (χ0) is 50.7. The van der Waals surface area contributed by atoms with Gasteiger partial charge in [-0.05, 0) is 139 Å². The first-order chi connectivity index (χ1) is 36.6. The van der Waals surface area contributed by atoms with Crippen LogP contribution in [0.2, 0.25) is 0 Å². The quantitative estimate of drug-likeness (QED) is 0.165. The van der Waals surface area contributed by atoms with Gasteiger partial charge in [-0.2, -0.15) is 5.26 Å². The maximum Gasteiger partial charge on any atom is 0.232 e. The molecule has 0 N–H and O–H groups in total. The SMILES string of the molecule is [C-]#[N+]c1c(C#N)c(-n2c3ccccc3c3c4c(ccc32)oc2ccccc24)c(-n2c3ccc(C)cc3c3cc(C)ccc32)c(-n2c3ccc(C)cc3c3cc(C)ccc32)c1-n1c2ccc(C)cc2c2cc(C)ccc21. The largest absolute Gasteiger partial charge is 0.456 e. The number of aromatic nitrogens is 4. The molecule has 5 heterocycles. The van der Waals surface area contributed by atoms with Crippen molar-refractivity contribution in [3.63, 3.8) is 0 Å². The van der Waals surface area contributed by atoms with E-state index in [0.717, 1.165) is 154 Å². The van der Waals surface area contributed by atoms with E-state index < -0.39 is 0 Å². The molecule has 0 radical (unpaired) electrons. The summed E-state index contributed by atoms with van der Waals surface area (Å²) < 4.78 is 16.0. The van der Waals surface area contributed by atoms with E-state index >= 15 is 0 Å². The molecule has 354 valence electrons. The summed E-state index contributed by atoms with van der Waals surface area (Å²) in [6.45, 7) is 22.5. The summed E-state index contributed by atoms with van der Waals surface area (Å²) in [5.41, 5.74) is 19.4. The standard InChI is InChI=1S/C68H46N6O/c1-37-16-22-53-45(30-37)46-31-38(2)17-23-54(46)71(53)66-64(70-7)51(36-69)65(74-52-14-10-8-12-43(52)62-59(74)28-29-61-63(62)44-13-9-11-15-60(44)75-61)67(72-55-24-18-39(3)32-47(55)48-33-40(4)19-25-56(48)72)68(66)73-57-26-20-41(5)34-49(57)50-35-42(6)21-27-58(50)73/h8-35H,1-6H3. The Bertz CT molecular complexity index is 4990. The highest BCUT2D eigenvalue weighted by atomic mass is 16.3. The Morgan fingerprint density at radius 1 is 0.360 bits per heavy atom. The van der Waals surface area contributed by atoms with Crippen molar-refractivity contribution in [1.29, 1.82) is 5.26 Å². The van der Waals surface area contributed by atoms with Gasteiger partial charge in [0.05, 0.1) is 85.1 Å². The lowest BCUT2D eigenvalue weighted by molar-refractivity contribution is 0.669. The van der Waals surface area contributed by atoms with E-state index in [1.807, 2.05) is 12.1 Å². The Labute approximate surface area is 431 Å². The molecule has 0 saturated heterocycles. The number of rotatable bonds is 4. The average Bonchev–Trinajstić information content (AvgIpc) is 4.21. The van der Waals surface area contributed by atoms with Crippen LogP contribution in [0.25, 0.3) is 137 Å². The van der Waals surface area contributed by atoms with E-state index in [9.17, 15) is 11.8 Å².